The van der Waals surface area contributed by atoms with Crippen LogP contribution in [0.25, 0.3) is 0 Å². The number of hydrogen-bond acceptors (Lipinski definition) is 2. The second-order valence-corrected chi connectivity index (χ2v) is 5.35. The van der Waals surface area contributed by atoms with Gasteiger partial charge in [-0.05, 0) is 36.9 Å². The van der Waals surface area contributed by atoms with Crippen LogP contribution in [-0.4, -0.2) is 19.8 Å². The first-order chi connectivity index (χ1) is 11.0. The van der Waals surface area contributed by atoms with Crippen LogP contribution in [0.1, 0.15) is 23.7 Å². The number of nitrogens with one attached hydrogen (secondary N) is 1. The molecule has 0 aliphatic heterocycles. The standard InChI is InChI=1S/C18H20F3NO/c1-22-12-11-17(15-5-3-2-4-6-15)23-16-9-7-14(8-10-16)13-18(19,20)21/h2-10,17,22H,11-13H2,1H3. The molecule has 124 valence electrons. The molecule has 2 aromatic rings. The van der Waals surface area contributed by atoms with Gasteiger partial charge in [0.2, 0.25) is 0 Å². The molecule has 2 rings (SSSR count). The molecular weight excluding hydrogens is 303 g/mol. The predicted molar refractivity (Wildman–Crippen MR) is 84.6 cm³/mol. The molecule has 0 saturated heterocycles. The van der Waals surface area contributed by atoms with E-state index in [9.17, 15) is 13.2 Å². The van der Waals surface area contributed by atoms with Crippen LogP contribution in [0.15, 0.2) is 54.6 Å². The highest BCUT2D eigenvalue weighted by Gasteiger charge is 2.27. The molecule has 0 aliphatic rings. The van der Waals surface area contributed by atoms with Gasteiger partial charge < -0.3 is 10.1 Å². The van der Waals surface area contributed by atoms with E-state index < -0.39 is 12.6 Å². The minimum Gasteiger partial charge on any atom is -0.486 e. The predicted octanol–water partition coefficient (Wildman–Crippen LogP) is 4.52. The molecule has 0 heterocycles. The van der Waals surface area contributed by atoms with E-state index in [1.807, 2.05) is 37.4 Å². The Morgan fingerprint density at radius 3 is 2.22 bits per heavy atom. The molecule has 0 amide bonds. The topological polar surface area (TPSA) is 21.3 Å². The van der Waals surface area contributed by atoms with Crippen molar-refractivity contribution in [2.75, 3.05) is 13.6 Å². The monoisotopic (exact) mass is 323 g/mol. The van der Waals surface area contributed by atoms with E-state index in [-0.39, 0.29) is 11.7 Å². The van der Waals surface area contributed by atoms with Crippen LogP contribution in [0.5, 0.6) is 5.75 Å². The fourth-order valence-corrected chi connectivity index (χ4v) is 2.32. The quantitative estimate of drug-likeness (QED) is 0.809. The van der Waals surface area contributed by atoms with E-state index in [1.165, 1.54) is 12.1 Å². The van der Waals surface area contributed by atoms with Gasteiger partial charge in [-0.1, -0.05) is 42.5 Å². The third kappa shape index (κ3) is 5.94. The summed E-state index contributed by atoms with van der Waals surface area (Å²) >= 11 is 0. The third-order valence-electron chi connectivity index (χ3n) is 3.43. The zero-order valence-corrected chi connectivity index (χ0v) is 12.9. The van der Waals surface area contributed by atoms with Crippen molar-refractivity contribution in [3.05, 3.63) is 65.7 Å². The van der Waals surface area contributed by atoms with Gasteiger partial charge in [0.1, 0.15) is 11.9 Å². The normalized spacial score (nSPS) is 12.9. The van der Waals surface area contributed by atoms with Crippen molar-refractivity contribution in [1.29, 1.82) is 0 Å². The van der Waals surface area contributed by atoms with E-state index in [0.717, 1.165) is 18.5 Å². The van der Waals surface area contributed by atoms with E-state index in [4.69, 9.17) is 4.74 Å². The molecule has 5 heteroatoms. The highest BCUT2D eigenvalue weighted by atomic mass is 19.4. The highest BCUT2D eigenvalue weighted by Crippen LogP contribution is 2.27. The van der Waals surface area contributed by atoms with Crippen LogP contribution in [-0.2, 0) is 6.42 Å². The fraction of sp³-hybridized carbons (Fsp3) is 0.333. The number of rotatable bonds is 7. The molecule has 23 heavy (non-hydrogen) atoms. The molecule has 0 radical (unpaired) electrons. The van der Waals surface area contributed by atoms with Gasteiger partial charge in [-0.15, -0.1) is 0 Å². The SMILES string of the molecule is CNCCC(Oc1ccc(CC(F)(F)F)cc1)c1ccccc1. The maximum Gasteiger partial charge on any atom is 0.393 e. The lowest BCUT2D eigenvalue weighted by Gasteiger charge is -2.20. The Labute approximate surface area is 134 Å². The van der Waals surface area contributed by atoms with Gasteiger partial charge in [-0.2, -0.15) is 13.2 Å². The Morgan fingerprint density at radius 1 is 1.00 bits per heavy atom. The molecule has 0 aromatic heterocycles. The Bertz CT molecular complexity index is 581. The smallest absolute Gasteiger partial charge is 0.393 e. The third-order valence-corrected chi connectivity index (χ3v) is 3.43. The van der Waals surface area contributed by atoms with Crippen molar-refractivity contribution in [3.8, 4) is 5.75 Å². The summed E-state index contributed by atoms with van der Waals surface area (Å²) in [6.07, 6.45) is -4.49. The van der Waals surface area contributed by atoms with Gasteiger partial charge in [0.25, 0.3) is 0 Å². The van der Waals surface area contributed by atoms with Crippen LogP contribution >= 0.6 is 0 Å². The second kappa shape index (κ2) is 8.02. The number of benzene rings is 2. The number of ether oxygens (including phenoxy) is 1. The molecule has 2 nitrogen and oxygen atoms in total. The van der Waals surface area contributed by atoms with Crippen LogP contribution in [0.4, 0.5) is 13.2 Å². The average molecular weight is 323 g/mol. The van der Waals surface area contributed by atoms with Crippen LogP contribution < -0.4 is 10.1 Å². The molecule has 0 spiro atoms. The molecule has 0 bridgehead atoms. The Morgan fingerprint density at radius 2 is 1.65 bits per heavy atom. The molecular formula is C18H20F3NO. The molecule has 0 fully saturated rings. The maximum absolute atomic E-state index is 12.4. The Kier molecular flexibility index (Phi) is 6.04. The second-order valence-electron chi connectivity index (χ2n) is 5.35. The molecule has 0 aliphatic carbocycles. The lowest BCUT2D eigenvalue weighted by molar-refractivity contribution is -0.127. The summed E-state index contributed by atoms with van der Waals surface area (Å²) in [5.41, 5.74) is 1.28. The number of alkyl halides is 3. The first-order valence-electron chi connectivity index (χ1n) is 7.50. The van der Waals surface area contributed by atoms with Gasteiger partial charge >= 0.3 is 6.18 Å². The van der Waals surface area contributed by atoms with E-state index in [0.29, 0.717) is 5.75 Å². The minimum absolute atomic E-state index is 0.142. The van der Waals surface area contributed by atoms with Crippen molar-refractivity contribution in [1.82, 2.24) is 5.32 Å². The lowest BCUT2D eigenvalue weighted by atomic mass is 10.1. The van der Waals surface area contributed by atoms with Crippen molar-refractivity contribution in [2.45, 2.75) is 25.1 Å². The Balaban J connectivity index is 2.07. The molecule has 1 N–H and O–H groups in total. The molecule has 0 saturated carbocycles. The number of halogens is 3. The summed E-state index contributed by atoms with van der Waals surface area (Å²) in [5, 5.41) is 3.08. The van der Waals surface area contributed by atoms with Crippen LogP contribution in [0.3, 0.4) is 0 Å². The van der Waals surface area contributed by atoms with Gasteiger partial charge in [0, 0.05) is 6.42 Å². The summed E-state index contributed by atoms with van der Waals surface area (Å²) in [4.78, 5) is 0. The lowest BCUT2D eigenvalue weighted by Crippen LogP contribution is -2.16. The summed E-state index contributed by atoms with van der Waals surface area (Å²) in [5.74, 6) is 0.570. The van der Waals surface area contributed by atoms with Gasteiger partial charge in [-0.3, -0.25) is 0 Å². The first-order valence-corrected chi connectivity index (χ1v) is 7.50. The van der Waals surface area contributed by atoms with Crippen molar-refractivity contribution in [2.24, 2.45) is 0 Å². The summed E-state index contributed by atoms with van der Waals surface area (Å²) in [7, 11) is 1.87. The number of hydrogen-bond donors (Lipinski definition) is 1. The summed E-state index contributed by atoms with van der Waals surface area (Å²) in [6, 6.07) is 15.9. The minimum atomic E-state index is -4.19. The molecule has 2 aromatic carbocycles. The van der Waals surface area contributed by atoms with E-state index in [2.05, 4.69) is 5.32 Å². The zero-order valence-electron chi connectivity index (χ0n) is 12.9. The van der Waals surface area contributed by atoms with Crippen molar-refractivity contribution < 1.29 is 17.9 Å². The van der Waals surface area contributed by atoms with Crippen molar-refractivity contribution in [3.63, 3.8) is 0 Å². The molecule has 1 unspecified atom stereocenters. The van der Waals surface area contributed by atoms with Crippen LogP contribution in [0, 0.1) is 0 Å². The maximum atomic E-state index is 12.4. The highest BCUT2D eigenvalue weighted by molar-refractivity contribution is 5.29. The summed E-state index contributed by atoms with van der Waals surface area (Å²) < 4.78 is 43.1. The van der Waals surface area contributed by atoms with E-state index in [1.54, 1.807) is 12.1 Å². The van der Waals surface area contributed by atoms with Gasteiger partial charge in [0.05, 0.1) is 6.42 Å². The Hall–Kier alpha value is -2.01. The summed E-state index contributed by atoms with van der Waals surface area (Å²) in [6.45, 7) is 0.783. The van der Waals surface area contributed by atoms with Crippen LogP contribution in [0.2, 0.25) is 0 Å². The van der Waals surface area contributed by atoms with Crippen molar-refractivity contribution >= 4 is 0 Å². The van der Waals surface area contributed by atoms with Gasteiger partial charge in [-0.25, -0.2) is 0 Å². The first kappa shape index (κ1) is 17.3. The average Bonchev–Trinajstić information content (AvgIpc) is 2.52. The van der Waals surface area contributed by atoms with Gasteiger partial charge in [0.15, 0.2) is 0 Å². The molecule has 1 atom stereocenters. The largest absolute Gasteiger partial charge is 0.486 e. The van der Waals surface area contributed by atoms with E-state index >= 15 is 0 Å². The zero-order chi connectivity index (χ0) is 16.7. The fourth-order valence-electron chi connectivity index (χ4n) is 2.32.